The molecule has 1 aliphatic rings. The van der Waals surface area contributed by atoms with E-state index >= 15 is 0 Å². The van der Waals surface area contributed by atoms with Crippen LogP contribution in [0.25, 0.3) is 0 Å². The molecule has 20 heavy (non-hydrogen) atoms. The highest BCUT2D eigenvalue weighted by molar-refractivity contribution is 6.32. The van der Waals surface area contributed by atoms with Crippen molar-refractivity contribution in [3.05, 3.63) is 22.7 Å². The van der Waals surface area contributed by atoms with Crippen LogP contribution in [0.1, 0.15) is 24.9 Å². The van der Waals surface area contributed by atoms with Crippen molar-refractivity contribution in [1.82, 2.24) is 5.32 Å². The number of likely N-dealkylation sites (N-methyl/N-ethyl adjacent to an activating group) is 1. The first-order valence-electron chi connectivity index (χ1n) is 6.57. The molecule has 0 fully saturated rings. The summed E-state index contributed by atoms with van der Waals surface area (Å²) < 4.78 is 16.0. The molecule has 0 bridgehead atoms. The van der Waals surface area contributed by atoms with Crippen LogP contribution in [-0.2, 0) is 9.53 Å². The van der Waals surface area contributed by atoms with Crippen LogP contribution in [-0.4, -0.2) is 32.8 Å². The lowest BCUT2D eigenvalue weighted by Crippen LogP contribution is -2.29. The lowest BCUT2D eigenvalue weighted by Gasteiger charge is -2.18. The number of ether oxygens (including phenoxy) is 3. The normalized spacial score (nSPS) is 15.3. The van der Waals surface area contributed by atoms with Crippen LogP contribution in [0.2, 0.25) is 5.02 Å². The molecular weight excluding hydrogens is 282 g/mol. The van der Waals surface area contributed by atoms with Gasteiger partial charge in [0.1, 0.15) is 6.04 Å². The first-order chi connectivity index (χ1) is 9.67. The van der Waals surface area contributed by atoms with Gasteiger partial charge in [0.2, 0.25) is 0 Å². The summed E-state index contributed by atoms with van der Waals surface area (Å²) in [5, 5.41) is 3.51. The molecule has 1 aromatic carbocycles. The van der Waals surface area contributed by atoms with Crippen LogP contribution in [0.5, 0.6) is 11.5 Å². The molecule has 0 spiro atoms. The molecule has 0 aliphatic carbocycles. The van der Waals surface area contributed by atoms with Crippen molar-refractivity contribution in [1.29, 1.82) is 0 Å². The molecular formula is C14H18ClNO4. The molecule has 1 heterocycles. The van der Waals surface area contributed by atoms with Crippen molar-refractivity contribution in [3.63, 3.8) is 0 Å². The van der Waals surface area contributed by atoms with Gasteiger partial charge in [-0.15, -0.1) is 0 Å². The van der Waals surface area contributed by atoms with Gasteiger partial charge in [-0.25, -0.2) is 4.79 Å². The fraction of sp³-hybridized carbons (Fsp3) is 0.500. The van der Waals surface area contributed by atoms with Gasteiger partial charge in [0.05, 0.1) is 25.3 Å². The lowest BCUT2D eigenvalue weighted by atomic mass is 10.1. The number of halogens is 1. The summed E-state index contributed by atoms with van der Waals surface area (Å²) in [7, 11) is 1.36. The maximum absolute atomic E-state index is 11.8. The smallest absolute Gasteiger partial charge is 0.327 e. The van der Waals surface area contributed by atoms with Gasteiger partial charge >= 0.3 is 5.97 Å². The van der Waals surface area contributed by atoms with Gasteiger partial charge in [-0.1, -0.05) is 18.5 Å². The molecule has 0 aromatic heterocycles. The van der Waals surface area contributed by atoms with Gasteiger partial charge in [-0.2, -0.15) is 0 Å². The zero-order valence-corrected chi connectivity index (χ0v) is 12.3. The van der Waals surface area contributed by atoms with Crippen LogP contribution in [0.15, 0.2) is 12.1 Å². The number of rotatable bonds is 4. The minimum atomic E-state index is -0.570. The molecule has 0 saturated carbocycles. The van der Waals surface area contributed by atoms with Crippen LogP contribution in [0.4, 0.5) is 0 Å². The van der Waals surface area contributed by atoms with E-state index in [1.165, 1.54) is 7.11 Å². The molecule has 6 heteroatoms. The number of fused-ring (bicyclic) bond motifs is 1. The van der Waals surface area contributed by atoms with Crippen LogP contribution < -0.4 is 14.8 Å². The topological polar surface area (TPSA) is 56.8 Å². The zero-order chi connectivity index (χ0) is 14.5. The van der Waals surface area contributed by atoms with Gasteiger partial charge in [0.15, 0.2) is 11.5 Å². The number of benzene rings is 1. The Morgan fingerprint density at radius 1 is 1.45 bits per heavy atom. The van der Waals surface area contributed by atoms with E-state index in [1.54, 1.807) is 12.1 Å². The molecule has 1 N–H and O–H groups in total. The highest BCUT2D eigenvalue weighted by atomic mass is 35.5. The first-order valence-corrected chi connectivity index (χ1v) is 6.95. The van der Waals surface area contributed by atoms with E-state index in [0.717, 1.165) is 6.42 Å². The quantitative estimate of drug-likeness (QED) is 0.865. The van der Waals surface area contributed by atoms with Crippen molar-refractivity contribution < 1.29 is 19.0 Å². The lowest BCUT2D eigenvalue weighted by molar-refractivity contribution is -0.143. The standard InChI is InChI=1S/C14H18ClNO4/c1-3-16-12(14(17)18-2)9-7-10(15)13-11(8-9)19-5-4-6-20-13/h7-8,12,16H,3-6H2,1-2H3. The summed E-state index contributed by atoms with van der Waals surface area (Å²) in [6.45, 7) is 3.68. The average molecular weight is 300 g/mol. The summed E-state index contributed by atoms with van der Waals surface area (Å²) in [5.41, 5.74) is 0.702. The van der Waals surface area contributed by atoms with E-state index in [2.05, 4.69) is 5.32 Å². The molecule has 0 radical (unpaired) electrons. The molecule has 1 aromatic rings. The monoisotopic (exact) mass is 299 g/mol. The maximum Gasteiger partial charge on any atom is 0.327 e. The molecule has 0 saturated heterocycles. The minimum Gasteiger partial charge on any atom is -0.489 e. The molecule has 1 aliphatic heterocycles. The predicted octanol–water partition coefficient (Wildman–Crippen LogP) is 2.32. The van der Waals surface area contributed by atoms with E-state index in [4.69, 9.17) is 25.8 Å². The number of carbonyl (C=O) groups is 1. The highest BCUT2D eigenvalue weighted by Crippen LogP contribution is 2.39. The Labute approximate surface area is 123 Å². The average Bonchev–Trinajstić information content (AvgIpc) is 2.69. The fourth-order valence-corrected chi connectivity index (χ4v) is 2.35. The van der Waals surface area contributed by atoms with Gasteiger partial charge in [0, 0.05) is 6.42 Å². The van der Waals surface area contributed by atoms with E-state index in [-0.39, 0.29) is 5.97 Å². The number of methoxy groups -OCH3 is 1. The van der Waals surface area contributed by atoms with Crippen molar-refractivity contribution in [2.24, 2.45) is 0 Å². The Balaban J connectivity index is 2.38. The van der Waals surface area contributed by atoms with Gasteiger partial charge < -0.3 is 19.5 Å². The van der Waals surface area contributed by atoms with Crippen molar-refractivity contribution in [2.75, 3.05) is 26.9 Å². The van der Waals surface area contributed by atoms with Crippen molar-refractivity contribution in [3.8, 4) is 11.5 Å². The predicted molar refractivity (Wildman–Crippen MR) is 75.5 cm³/mol. The van der Waals surface area contributed by atoms with Crippen LogP contribution in [0, 0.1) is 0 Å². The third kappa shape index (κ3) is 3.16. The molecule has 1 unspecified atom stereocenters. The van der Waals surface area contributed by atoms with E-state index in [9.17, 15) is 4.79 Å². The number of nitrogens with one attached hydrogen (secondary N) is 1. The maximum atomic E-state index is 11.8. The van der Waals surface area contributed by atoms with Crippen molar-refractivity contribution >= 4 is 17.6 Å². The number of esters is 1. The number of carbonyl (C=O) groups excluding carboxylic acids is 1. The zero-order valence-electron chi connectivity index (χ0n) is 11.6. The summed E-state index contributed by atoms with van der Waals surface area (Å²) >= 11 is 6.23. The van der Waals surface area contributed by atoms with Gasteiger partial charge in [-0.3, -0.25) is 0 Å². The Kier molecular flexibility index (Phi) is 5.09. The minimum absolute atomic E-state index is 0.364. The number of hydrogen-bond donors (Lipinski definition) is 1. The Morgan fingerprint density at radius 3 is 2.90 bits per heavy atom. The summed E-state index contributed by atoms with van der Waals surface area (Å²) in [6, 6.07) is 2.91. The van der Waals surface area contributed by atoms with Gasteiger partial charge in [0.25, 0.3) is 0 Å². The van der Waals surface area contributed by atoms with Crippen LogP contribution in [0.3, 0.4) is 0 Å². The Morgan fingerprint density at radius 2 is 2.20 bits per heavy atom. The first kappa shape index (κ1) is 14.9. The molecule has 110 valence electrons. The molecule has 2 rings (SSSR count). The second-order valence-electron chi connectivity index (χ2n) is 4.39. The molecule has 0 amide bonds. The summed E-state index contributed by atoms with van der Waals surface area (Å²) in [4.78, 5) is 11.8. The van der Waals surface area contributed by atoms with Crippen LogP contribution >= 0.6 is 11.6 Å². The SMILES string of the molecule is CCNC(C(=O)OC)c1cc(Cl)c2c(c1)OCCCO2. The van der Waals surface area contributed by atoms with Crippen molar-refractivity contribution in [2.45, 2.75) is 19.4 Å². The second-order valence-corrected chi connectivity index (χ2v) is 4.80. The van der Waals surface area contributed by atoms with E-state index in [0.29, 0.717) is 41.8 Å². The number of hydrogen-bond acceptors (Lipinski definition) is 5. The fourth-order valence-electron chi connectivity index (χ4n) is 2.08. The second kappa shape index (κ2) is 6.81. The molecule has 5 nitrogen and oxygen atoms in total. The third-order valence-electron chi connectivity index (χ3n) is 3.00. The highest BCUT2D eigenvalue weighted by Gasteiger charge is 2.24. The Bertz CT molecular complexity index is 492. The van der Waals surface area contributed by atoms with E-state index < -0.39 is 6.04 Å². The molecule has 1 atom stereocenters. The van der Waals surface area contributed by atoms with Gasteiger partial charge in [-0.05, 0) is 24.2 Å². The largest absolute Gasteiger partial charge is 0.489 e. The summed E-state index contributed by atoms with van der Waals surface area (Å²) in [5.74, 6) is 0.738. The van der Waals surface area contributed by atoms with E-state index in [1.807, 2.05) is 6.92 Å². The third-order valence-corrected chi connectivity index (χ3v) is 3.28. The Hall–Kier alpha value is -1.46. The summed E-state index contributed by atoms with van der Waals surface area (Å²) in [6.07, 6.45) is 0.800.